The van der Waals surface area contributed by atoms with Crippen molar-refractivity contribution in [2.45, 2.75) is 25.4 Å². The lowest BCUT2D eigenvalue weighted by molar-refractivity contribution is -0.269. The highest BCUT2D eigenvalue weighted by Gasteiger charge is 2.63. The van der Waals surface area contributed by atoms with E-state index in [1.54, 1.807) is 5.32 Å². The van der Waals surface area contributed by atoms with Crippen molar-refractivity contribution in [3.05, 3.63) is 0 Å². The Kier molecular flexibility index (Phi) is 4.52. The Hall–Kier alpha value is -0.920. The molecule has 1 rings (SSSR count). The quantitative estimate of drug-likeness (QED) is 0.790. The van der Waals surface area contributed by atoms with Crippen LogP contribution in [0.15, 0.2) is 0 Å². The molecule has 1 atom stereocenters. The Morgan fingerprint density at radius 1 is 1.33 bits per heavy atom. The van der Waals surface area contributed by atoms with Crippen molar-refractivity contribution >= 4 is 5.91 Å². The number of halogens is 5. The summed E-state index contributed by atoms with van der Waals surface area (Å²) in [6.45, 7) is 3.95. The Morgan fingerprint density at radius 3 is 2.39 bits per heavy atom. The van der Waals surface area contributed by atoms with E-state index in [0.717, 1.165) is 13.1 Å². The molecule has 1 N–H and O–H groups in total. The minimum absolute atomic E-state index is 0.0714. The van der Waals surface area contributed by atoms with Crippen molar-refractivity contribution in [3.8, 4) is 0 Å². The summed E-state index contributed by atoms with van der Waals surface area (Å²) in [5, 5.41) is 1.68. The molecule has 0 saturated carbocycles. The lowest BCUT2D eigenvalue weighted by Gasteiger charge is -2.20. The number of carbonyl (C=O) groups is 1. The van der Waals surface area contributed by atoms with Crippen LogP contribution in [0.3, 0.4) is 0 Å². The molecule has 1 fully saturated rings. The van der Waals surface area contributed by atoms with E-state index in [1.165, 1.54) is 0 Å². The van der Waals surface area contributed by atoms with E-state index in [9.17, 15) is 26.7 Å². The van der Waals surface area contributed by atoms with Gasteiger partial charge in [-0.2, -0.15) is 22.0 Å². The van der Waals surface area contributed by atoms with Crippen molar-refractivity contribution in [2.24, 2.45) is 5.92 Å². The van der Waals surface area contributed by atoms with Crippen LogP contribution in [0, 0.1) is 5.92 Å². The summed E-state index contributed by atoms with van der Waals surface area (Å²) in [5.41, 5.74) is 0. The second kappa shape index (κ2) is 5.38. The van der Waals surface area contributed by atoms with Gasteiger partial charge >= 0.3 is 12.1 Å². The first-order chi connectivity index (χ1) is 8.18. The molecular weight excluding hydrogens is 259 g/mol. The zero-order valence-electron chi connectivity index (χ0n) is 9.86. The molecule has 18 heavy (non-hydrogen) atoms. The van der Waals surface area contributed by atoms with E-state index < -0.39 is 18.0 Å². The molecule has 106 valence electrons. The molecule has 0 aromatic rings. The van der Waals surface area contributed by atoms with Crippen LogP contribution in [-0.4, -0.2) is 49.1 Å². The molecule has 0 radical (unpaired) electrons. The van der Waals surface area contributed by atoms with Crippen LogP contribution in [-0.2, 0) is 4.79 Å². The maximum Gasteiger partial charge on any atom is 0.463 e. The fourth-order valence-electron chi connectivity index (χ4n) is 1.84. The Morgan fingerprint density at radius 2 is 1.94 bits per heavy atom. The highest BCUT2D eigenvalue weighted by molar-refractivity contribution is 5.84. The van der Waals surface area contributed by atoms with Gasteiger partial charge in [-0.15, -0.1) is 0 Å². The first-order valence-corrected chi connectivity index (χ1v) is 5.63. The minimum Gasteiger partial charge on any atom is -0.350 e. The fourth-order valence-corrected chi connectivity index (χ4v) is 1.84. The summed E-state index contributed by atoms with van der Waals surface area (Å²) in [4.78, 5) is 12.9. The number of carbonyl (C=O) groups excluding carboxylic acids is 1. The Balaban J connectivity index is 2.43. The maximum absolute atomic E-state index is 12.6. The number of nitrogens with zero attached hydrogens (tertiary/aromatic N) is 1. The van der Waals surface area contributed by atoms with Gasteiger partial charge in [0, 0.05) is 13.1 Å². The summed E-state index contributed by atoms with van der Waals surface area (Å²) in [6, 6.07) is 0. The number of hydrogen-bond acceptors (Lipinski definition) is 2. The third-order valence-electron chi connectivity index (χ3n) is 3.01. The molecule has 0 aromatic carbocycles. The van der Waals surface area contributed by atoms with Crippen LogP contribution in [0.4, 0.5) is 22.0 Å². The van der Waals surface area contributed by atoms with E-state index >= 15 is 0 Å². The second-order valence-electron chi connectivity index (χ2n) is 4.33. The fraction of sp³-hybridized carbons (Fsp3) is 0.900. The smallest absolute Gasteiger partial charge is 0.350 e. The normalized spacial score (nSPS) is 22.2. The van der Waals surface area contributed by atoms with Gasteiger partial charge in [0.2, 0.25) is 0 Å². The van der Waals surface area contributed by atoms with Gasteiger partial charge in [0.25, 0.3) is 5.91 Å². The molecule has 0 bridgehead atoms. The lowest BCUT2D eigenvalue weighted by atomic mass is 10.1. The van der Waals surface area contributed by atoms with Crippen LogP contribution in [0.2, 0.25) is 0 Å². The molecule has 1 amide bonds. The summed E-state index contributed by atoms with van der Waals surface area (Å²) >= 11 is 0. The zero-order chi connectivity index (χ0) is 14.0. The van der Waals surface area contributed by atoms with Gasteiger partial charge in [0.05, 0.1) is 0 Å². The number of rotatable bonds is 4. The molecule has 1 aliphatic rings. The van der Waals surface area contributed by atoms with E-state index in [-0.39, 0.29) is 12.5 Å². The van der Waals surface area contributed by atoms with E-state index in [2.05, 4.69) is 0 Å². The van der Waals surface area contributed by atoms with E-state index in [4.69, 9.17) is 0 Å². The summed E-state index contributed by atoms with van der Waals surface area (Å²) < 4.78 is 60.8. The van der Waals surface area contributed by atoms with Crippen LogP contribution in [0.25, 0.3) is 0 Å². The predicted octanol–water partition coefficient (Wildman–Crippen LogP) is 1.64. The van der Waals surface area contributed by atoms with Crippen LogP contribution >= 0.6 is 0 Å². The summed E-state index contributed by atoms with van der Waals surface area (Å²) in [5.74, 6) is -7.67. The Labute approximate surface area is 101 Å². The third-order valence-corrected chi connectivity index (χ3v) is 3.01. The molecule has 8 heteroatoms. The molecule has 0 aromatic heterocycles. The highest BCUT2D eigenvalue weighted by atomic mass is 19.4. The predicted molar refractivity (Wildman–Crippen MR) is 54.2 cm³/mol. The van der Waals surface area contributed by atoms with Crippen molar-refractivity contribution in [1.29, 1.82) is 0 Å². The molecule has 1 aliphatic heterocycles. The molecule has 0 spiro atoms. The van der Waals surface area contributed by atoms with Gasteiger partial charge < -0.3 is 10.2 Å². The highest BCUT2D eigenvalue weighted by Crippen LogP contribution is 2.35. The molecule has 1 saturated heterocycles. The van der Waals surface area contributed by atoms with Crippen molar-refractivity contribution in [3.63, 3.8) is 0 Å². The molecule has 3 nitrogen and oxygen atoms in total. The molecular formula is C10H15F5N2O. The molecule has 1 heterocycles. The van der Waals surface area contributed by atoms with Gasteiger partial charge in [0.15, 0.2) is 0 Å². The average molecular weight is 274 g/mol. The number of hydrogen-bond donors (Lipinski definition) is 1. The number of alkyl halides is 5. The van der Waals surface area contributed by atoms with Crippen LogP contribution < -0.4 is 5.32 Å². The minimum atomic E-state index is -5.85. The van der Waals surface area contributed by atoms with Gasteiger partial charge in [-0.1, -0.05) is 6.92 Å². The van der Waals surface area contributed by atoms with Crippen molar-refractivity contribution < 1.29 is 26.7 Å². The summed E-state index contributed by atoms with van der Waals surface area (Å²) in [7, 11) is 0. The first-order valence-electron chi connectivity index (χ1n) is 5.63. The monoisotopic (exact) mass is 274 g/mol. The van der Waals surface area contributed by atoms with Crippen molar-refractivity contribution in [2.75, 3.05) is 26.2 Å². The van der Waals surface area contributed by atoms with Gasteiger partial charge in [-0.05, 0) is 25.4 Å². The summed E-state index contributed by atoms with van der Waals surface area (Å²) in [6.07, 6.45) is -5.16. The van der Waals surface area contributed by atoms with Gasteiger partial charge in [-0.3, -0.25) is 4.79 Å². The topological polar surface area (TPSA) is 32.3 Å². The van der Waals surface area contributed by atoms with E-state index in [0.29, 0.717) is 13.0 Å². The molecule has 1 unspecified atom stereocenters. The average Bonchev–Trinajstić information content (AvgIpc) is 2.72. The maximum atomic E-state index is 12.6. The standard InChI is InChI=1S/C10H15F5N2O/c1-2-17-4-3-7(6-17)5-16-8(18)9(11,12)10(13,14)15/h7H,2-6H2,1H3,(H,16,18). The number of likely N-dealkylation sites (tertiary alicyclic amines) is 1. The molecule has 0 aliphatic carbocycles. The Bertz CT molecular complexity index is 305. The first kappa shape index (κ1) is 15.1. The number of nitrogens with one attached hydrogen (secondary N) is 1. The van der Waals surface area contributed by atoms with Crippen molar-refractivity contribution in [1.82, 2.24) is 10.2 Å². The van der Waals surface area contributed by atoms with Crippen LogP contribution in [0.5, 0.6) is 0 Å². The van der Waals surface area contributed by atoms with Gasteiger partial charge in [0.1, 0.15) is 0 Å². The second-order valence-corrected chi connectivity index (χ2v) is 4.33. The van der Waals surface area contributed by atoms with E-state index in [1.807, 2.05) is 11.8 Å². The largest absolute Gasteiger partial charge is 0.463 e. The lowest BCUT2D eigenvalue weighted by Crippen LogP contribution is -2.51. The third kappa shape index (κ3) is 3.30. The van der Waals surface area contributed by atoms with Gasteiger partial charge in [-0.25, -0.2) is 0 Å². The SMILES string of the molecule is CCN1CCC(CNC(=O)C(F)(F)C(F)(F)F)C1. The number of amides is 1. The van der Waals surface area contributed by atoms with Crippen LogP contribution in [0.1, 0.15) is 13.3 Å². The zero-order valence-corrected chi connectivity index (χ0v) is 9.86.